The number of hydrogen-bond acceptors (Lipinski definition) is 3. The average molecular weight is 229 g/mol. The smallest absolute Gasteiger partial charge is 0.225 e. The van der Waals surface area contributed by atoms with Crippen LogP contribution in [0.25, 0.3) is 0 Å². The molecule has 1 rings (SSSR count). The summed E-state index contributed by atoms with van der Waals surface area (Å²) in [6.45, 7) is 4.36. The fourth-order valence-corrected chi connectivity index (χ4v) is 2.22. The fraction of sp³-hybridized carbons (Fsp3) is 0.917. The second kappa shape index (κ2) is 6.21. The van der Waals surface area contributed by atoms with Gasteiger partial charge in [0.1, 0.15) is 0 Å². The number of carbonyl (C=O) groups excluding carboxylic acids is 1. The normalized spacial score (nSPS) is 27.1. The van der Waals surface area contributed by atoms with Gasteiger partial charge in [0.15, 0.2) is 0 Å². The largest absolute Gasteiger partial charge is 0.392 e. The second-order valence-electron chi connectivity index (χ2n) is 5.13. The van der Waals surface area contributed by atoms with Crippen LogP contribution >= 0.6 is 0 Å². The SMILES string of the molecule is CC(C)CC(O)CNC(=O)C1CCCC1O. The number of aliphatic hydroxyl groups is 2. The van der Waals surface area contributed by atoms with Crippen molar-refractivity contribution in [3.05, 3.63) is 0 Å². The van der Waals surface area contributed by atoms with Crippen molar-refractivity contribution in [2.45, 2.75) is 51.7 Å². The lowest BCUT2D eigenvalue weighted by Gasteiger charge is -2.17. The number of carbonyl (C=O) groups is 1. The molecule has 0 bridgehead atoms. The molecular weight excluding hydrogens is 206 g/mol. The molecule has 4 nitrogen and oxygen atoms in total. The molecule has 0 heterocycles. The highest BCUT2D eigenvalue weighted by Gasteiger charge is 2.31. The number of aliphatic hydroxyl groups excluding tert-OH is 2. The van der Waals surface area contributed by atoms with Crippen LogP contribution < -0.4 is 5.32 Å². The van der Waals surface area contributed by atoms with E-state index in [0.717, 1.165) is 12.8 Å². The van der Waals surface area contributed by atoms with Gasteiger partial charge in [-0.3, -0.25) is 4.79 Å². The molecule has 0 radical (unpaired) electrons. The Morgan fingerprint density at radius 1 is 1.44 bits per heavy atom. The summed E-state index contributed by atoms with van der Waals surface area (Å²) in [5.41, 5.74) is 0. The second-order valence-corrected chi connectivity index (χ2v) is 5.13. The molecule has 0 aromatic rings. The molecule has 16 heavy (non-hydrogen) atoms. The molecule has 3 atom stereocenters. The molecule has 3 unspecified atom stereocenters. The molecule has 1 fully saturated rings. The first-order chi connectivity index (χ1) is 7.50. The highest BCUT2D eigenvalue weighted by Crippen LogP contribution is 2.25. The predicted molar refractivity (Wildman–Crippen MR) is 61.8 cm³/mol. The molecule has 1 aliphatic rings. The predicted octanol–water partition coefficient (Wildman–Crippen LogP) is 0.671. The summed E-state index contributed by atoms with van der Waals surface area (Å²) in [4.78, 5) is 11.7. The number of rotatable bonds is 5. The standard InChI is InChI=1S/C12H23NO3/c1-8(2)6-9(14)7-13-12(16)10-4-3-5-11(10)15/h8-11,14-15H,3-7H2,1-2H3,(H,13,16). The lowest BCUT2D eigenvalue weighted by Crippen LogP contribution is -2.39. The Bertz CT molecular complexity index is 230. The summed E-state index contributed by atoms with van der Waals surface area (Å²) in [6, 6.07) is 0. The van der Waals surface area contributed by atoms with E-state index in [2.05, 4.69) is 5.32 Å². The summed E-state index contributed by atoms with van der Waals surface area (Å²) < 4.78 is 0. The number of amides is 1. The Balaban J connectivity index is 2.24. The lowest BCUT2D eigenvalue weighted by atomic mass is 10.0. The van der Waals surface area contributed by atoms with Crippen LogP contribution in [0, 0.1) is 11.8 Å². The maximum Gasteiger partial charge on any atom is 0.225 e. The summed E-state index contributed by atoms with van der Waals surface area (Å²) in [7, 11) is 0. The van der Waals surface area contributed by atoms with Gasteiger partial charge in [0.2, 0.25) is 5.91 Å². The van der Waals surface area contributed by atoms with Crippen molar-refractivity contribution in [2.24, 2.45) is 11.8 Å². The molecule has 0 saturated heterocycles. The fourth-order valence-electron chi connectivity index (χ4n) is 2.22. The Morgan fingerprint density at radius 3 is 2.62 bits per heavy atom. The van der Waals surface area contributed by atoms with Crippen molar-refractivity contribution in [3.8, 4) is 0 Å². The van der Waals surface area contributed by atoms with Gasteiger partial charge in [0, 0.05) is 6.54 Å². The maximum absolute atomic E-state index is 11.7. The van der Waals surface area contributed by atoms with E-state index in [1.54, 1.807) is 0 Å². The van der Waals surface area contributed by atoms with Crippen LogP contribution in [0.15, 0.2) is 0 Å². The summed E-state index contributed by atoms with van der Waals surface area (Å²) in [5, 5.41) is 21.9. The van der Waals surface area contributed by atoms with Crippen LogP contribution in [0.5, 0.6) is 0 Å². The van der Waals surface area contributed by atoms with Gasteiger partial charge in [-0.05, 0) is 31.6 Å². The zero-order valence-electron chi connectivity index (χ0n) is 10.1. The zero-order chi connectivity index (χ0) is 12.1. The van der Waals surface area contributed by atoms with Crippen molar-refractivity contribution < 1.29 is 15.0 Å². The van der Waals surface area contributed by atoms with Crippen LogP contribution in [-0.4, -0.2) is 34.9 Å². The van der Waals surface area contributed by atoms with Crippen LogP contribution in [0.1, 0.15) is 39.5 Å². The average Bonchev–Trinajstić information content (AvgIpc) is 2.60. The molecule has 1 saturated carbocycles. The molecule has 1 aliphatic carbocycles. The highest BCUT2D eigenvalue weighted by molar-refractivity contribution is 5.79. The van der Waals surface area contributed by atoms with Crippen LogP contribution in [0.4, 0.5) is 0 Å². The minimum Gasteiger partial charge on any atom is -0.392 e. The van der Waals surface area contributed by atoms with Gasteiger partial charge in [-0.25, -0.2) is 0 Å². The van der Waals surface area contributed by atoms with E-state index in [0.29, 0.717) is 25.3 Å². The van der Waals surface area contributed by atoms with E-state index in [4.69, 9.17) is 0 Å². The molecule has 1 amide bonds. The minimum absolute atomic E-state index is 0.118. The van der Waals surface area contributed by atoms with Crippen molar-refractivity contribution in [2.75, 3.05) is 6.54 Å². The van der Waals surface area contributed by atoms with Gasteiger partial charge in [0.05, 0.1) is 18.1 Å². The topological polar surface area (TPSA) is 69.6 Å². The maximum atomic E-state index is 11.7. The Labute approximate surface area is 97.0 Å². The Hall–Kier alpha value is -0.610. The minimum atomic E-state index is -0.498. The molecule has 3 N–H and O–H groups in total. The van der Waals surface area contributed by atoms with E-state index in [1.165, 1.54) is 0 Å². The van der Waals surface area contributed by atoms with Crippen molar-refractivity contribution in [1.29, 1.82) is 0 Å². The highest BCUT2D eigenvalue weighted by atomic mass is 16.3. The summed E-state index contributed by atoms with van der Waals surface area (Å²) >= 11 is 0. The van der Waals surface area contributed by atoms with E-state index >= 15 is 0 Å². The Kier molecular flexibility index (Phi) is 5.22. The number of hydrogen-bond donors (Lipinski definition) is 3. The van der Waals surface area contributed by atoms with Crippen molar-refractivity contribution >= 4 is 5.91 Å². The van der Waals surface area contributed by atoms with E-state index in [9.17, 15) is 15.0 Å². The monoisotopic (exact) mass is 229 g/mol. The third-order valence-electron chi connectivity index (χ3n) is 3.07. The third-order valence-corrected chi connectivity index (χ3v) is 3.07. The molecule has 94 valence electrons. The first kappa shape index (κ1) is 13.5. The lowest BCUT2D eigenvalue weighted by molar-refractivity contribution is -0.128. The molecular formula is C12H23NO3. The van der Waals surface area contributed by atoms with Crippen LogP contribution in [-0.2, 0) is 4.79 Å². The summed E-state index contributed by atoms with van der Waals surface area (Å²) in [5.74, 6) is 0.0306. The van der Waals surface area contributed by atoms with Gasteiger partial charge in [-0.2, -0.15) is 0 Å². The summed E-state index contributed by atoms with van der Waals surface area (Å²) in [6.07, 6.45) is 2.09. The van der Waals surface area contributed by atoms with Gasteiger partial charge < -0.3 is 15.5 Å². The third kappa shape index (κ3) is 4.10. The molecule has 0 aromatic heterocycles. The quantitative estimate of drug-likeness (QED) is 0.649. The molecule has 0 aromatic carbocycles. The van der Waals surface area contributed by atoms with Crippen LogP contribution in [0.2, 0.25) is 0 Å². The van der Waals surface area contributed by atoms with Gasteiger partial charge in [-0.1, -0.05) is 13.8 Å². The van der Waals surface area contributed by atoms with Crippen LogP contribution in [0.3, 0.4) is 0 Å². The molecule has 0 aliphatic heterocycles. The molecule has 0 spiro atoms. The van der Waals surface area contributed by atoms with Gasteiger partial charge >= 0.3 is 0 Å². The van der Waals surface area contributed by atoms with E-state index in [-0.39, 0.29) is 11.8 Å². The first-order valence-corrected chi connectivity index (χ1v) is 6.14. The molecule has 4 heteroatoms. The van der Waals surface area contributed by atoms with Crippen molar-refractivity contribution in [1.82, 2.24) is 5.32 Å². The number of nitrogens with one attached hydrogen (secondary N) is 1. The van der Waals surface area contributed by atoms with E-state index in [1.807, 2.05) is 13.8 Å². The van der Waals surface area contributed by atoms with Gasteiger partial charge in [-0.15, -0.1) is 0 Å². The van der Waals surface area contributed by atoms with Gasteiger partial charge in [0.25, 0.3) is 0 Å². The Morgan fingerprint density at radius 2 is 2.12 bits per heavy atom. The first-order valence-electron chi connectivity index (χ1n) is 6.14. The van der Waals surface area contributed by atoms with E-state index < -0.39 is 12.2 Å². The zero-order valence-corrected chi connectivity index (χ0v) is 10.1. The van der Waals surface area contributed by atoms with Crippen molar-refractivity contribution in [3.63, 3.8) is 0 Å².